The van der Waals surface area contributed by atoms with E-state index >= 15 is 0 Å². The number of hydrogen-bond acceptors (Lipinski definition) is 3. The van der Waals surface area contributed by atoms with Crippen LogP contribution in [0.1, 0.15) is 31.5 Å². The summed E-state index contributed by atoms with van der Waals surface area (Å²) in [5.41, 5.74) is 2.14. The lowest BCUT2D eigenvalue weighted by Crippen LogP contribution is -2.51. The number of para-hydroxylation sites is 2. The normalized spacial score (nSPS) is 19.6. The number of aromatic amines is 1. The number of piperidine rings is 1. The van der Waals surface area contributed by atoms with E-state index in [0.717, 1.165) is 55.9 Å². The summed E-state index contributed by atoms with van der Waals surface area (Å²) in [7, 11) is 0. The highest BCUT2D eigenvalue weighted by Crippen LogP contribution is 2.29. The van der Waals surface area contributed by atoms with Crippen molar-refractivity contribution in [2.45, 2.75) is 25.7 Å². The molecule has 2 saturated heterocycles. The third-order valence-electron chi connectivity index (χ3n) is 5.51. The van der Waals surface area contributed by atoms with E-state index in [4.69, 9.17) is 4.98 Å². The Hall–Kier alpha value is -1.30. The van der Waals surface area contributed by atoms with Gasteiger partial charge in [-0.1, -0.05) is 19.1 Å². The van der Waals surface area contributed by atoms with E-state index in [0.29, 0.717) is 17.7 Å². The molecule has 4 rings (SSSR count). The molecule has 7 heteroatoms. The van der Waals surface area contributed by atoms with Crippen LogP contribution in [0.25, 0.3) is 11.0 Å². The Bertz CT molecular complexity index is 675. The SMILES string of the molecule is CC(C(=O)N1CCC(c2nc3ccccc3[nH]2)CC1)C1CNC1.Cl.Cl. The summed E-state index contributed by atoms with van der Waals surface area (Å²) in [6, 6.07) is 8.16. The highest BCUT2D eigenvalue weighted by Gasteiger charge is 2.33. The van der Waals surface area contributed by atoms with Crippen LogP contribution in [0.4, 0.5) is 0 Å². The molecule has 5 nitrogen and oxygen atoms in total. The van der Waals surface area contributed by atoms with E-state index in [-0.39, 0.29) is 30.7 Å². The Labute approximate surface area is 160 Å². The number of fused-ring (bicyclic) bond motifs is 1. The van der Waals surface area contributed by atoms with Gasteiger partial charge in [-0.3, -0.25) is 4.79 Å². The van der Waals surface area contributed by atoms with Crippen LogP contribution in [0.2, 0.25) is 0 Å². The Morgan fingerprint density at radius 2 is 1.88 bits per heavy atom. The molecule has 2 fully saturated rings. The van der Waals surface area contributed by atoms with Gasteiger partial charge in [0.25, 0.3) is 0 Å². The summed E-state index contributed by atoms with van der Waals surface area (Å²) in [5, 5.41) is 3.26. The van der Waals surface area contributed by atoms with Gasteiger partial charge in [0, 0.05) is 24.9 Å². The highest BCUT2D eigenvalue weighted by molar-refractivity contribution is 5.85. The average molecular weight is 385 g/mol. The molecule has 1 unspecified atom stereocenters. The van der Waals surface area contributed by atoms with Gasteiger partial charge in [-0.2, -0.15) is 0 Å². The van der Waals surface area contributed by atoms with Crippen molar-refractivity contribution in [2.75, 3.05) is 26.2 Å². The van der Waals surface area contributed by atoms with E-state index in [1.807, 2.05) is 18.2 Å². The highest BCUT2D eigenvalue weighted by atomic mass is 35.5. The molecule has 0 bridgehead atoms. The van der Waals surface area contributed by atoms with E-state index in [1.165, 1.54) is 0 Å². The molecule has 25 heavy (non-hydrogen) atoms. The molecule has 2 aromatic rings. The quantitative estimate of drug-likeness (QED) is 0.854. The zero-order valence-electron chi connectivity index (χ0n) is 14.4. The number of likely N-dealkylation sites (tertiary alicyclic amines) is 1. The van der Waals surface area contributed by atoms with Gasteiger partial charge in [-0.25, -0.2) is 4.98 Å². The summed E-state index contributed by atoms with van der Waals surface area (Å²) in [5.74, 6) is 2.52. The maximum Gasteiger partial charge on any atom is 0.225 e. The van der Waals surface area contributed by atoms with Gasteiger partial charge >= 0.3 is 0 Å². The van der Waals surface area contributed by atoms with Crippen molar-refractivity contribution < 1.29 is 4.79 Å². The van der Waals surface area contributed by atoms with Crippen LogP contribution in [0.15, 0.2) is 24.3 Å². The predicted octanol–water partition coefficient (Wildman–Crippen LogP) is 2.97. The first-order valence-electron chi connectivity index (χ1n) is 8.66. The van der Waals surface area contributed by atoms with Crippen molar-refractivity contribution in [1.82, 2.24) is 20.2 Å². The van der Waals surface area contributed by atoms with Gasteiger partial charge in [0.2, 0.25) is 5.91 Å². The largest absolute Gasteiger partial charge is 0.342 e. The Kier molecular flexibility index (Phi) is 6.72. The number of hydrogen-bond donors (Lipinski definition) is 2. The number of halogens is 2. The predicted molar refractivity (Wildman–Crippen MR) is 105 cm³/mol. The first-order chi connectivity index (χ1) is 11.2. The third-order valence-corrected chi connectivity index (χ3v) is 5.51. The summed E-state index contributed by atoms with van der Waals surface area (Å²) >= 11 is 0. The number of amides is 1. The fourth-order valence-corrected chi connectivity index (χ4v) is 3.69. The molecule has 0 aliphatic carbocycles. The number of carbonyl (C=O) groups is 1. The molecule has 138 valence electrons. The standard InChI is InChI=1S/C18H24N4O.2ClH/c1-12(14-10-19-11-14)18(23)22-8-6-13(7-9-22)17-20-15-4-2-3-5-16(15)21-17;;/h2-5,12-14,19H,6-11H2,1H3,(H,20,21);2*1H. The molecule has 2 aliphatic rings. The van der Waals surface area contributed by atoms with E-state index in [1.54, 1.807) is 0 Å². The van der Waals surface area contributed by atoms with Gasteiger partial charge in [0.1, 0.15) is 5.82 Å². The van der Waals surface area contributed by atoms with Crippen molar-refractivity contribution in [3.63, 3.8) is 0 Å². The van der Waals surface area contributed by atoms with Crippen LogP contribution in [-0.4, -0.2) is 47.0 Å². The Balaban J connectivity index is 0.00000113. The zero-order valence-corrected chi connectivity index (χ0v) is 16.0. The Morgan fingerprint density at radius 1 is 1.20 bits per heavy atom. The van der Waals surface area contributed by atoms with E-state index < -0.39 is 0 Å². The van der Waals surface area contributed by atoms with Crippen LogP contribution in [-0.2, 0) is 4.79 Å². The maximum absolute atomic E-state index is 12.6. The smallest absolute Gasteiger partial charge is 0.225 e. The third kappa shape index (κ3) is 3.94. The minimum Gasteiger partial charge on any atom is -0.342 e. The number of carbonyl (C=O) groups excluding carboxylic acids is 1. The maximum atomic E-state index is 12.6. The number of nitrogens with zero attached hydrogens (tertiary/aromatic N) is 2. The van der Waals surface area contributed by atoms with E-state index in [2.05, 4.69) is 28.2 Å². The second-order valence-electron chi connectivity index (χ2n) is 6.95. The number of rotatable bonds is 3. The number of imidazole rings is 1. The molecule has 0 saturated carbocycles. The van der Waals surface area contributed by atoms with Crippen molar-refractivity contribution >= 4 is 41.8 Å². The van der Waals surface area contributed by atoms with Gasteiger partial charge in [0.05, 0.1) is 11.0 Å². The molecule has 2 aliphatic heterocycles. The second kappa shape index (κ2) is 8.39. The number of aromatic nitrogens is 2. The summed E-state index contributed by atoms with van der Waals surface area (Å²) in [6.45, 7) is 5.76. The summed E-state index contributed by atoms with van der Waals surface area (Å²) in [4.78, 5) is 22.8. The van der Waals surface area contributed by atoms with Crippen LogP contribution >= 0.6 is 24.8 Å². The topological polar surface area (TPSA) is 61.0 Å². The molecular weight excluding hydrogens is 359 g/mol. The minimum atomic E-state index is 0. The van der Waals surface area contributed by atoms with Crippen molar-refractivity contribution in [3.05, 3.63) is 30.1 Å². The molecule has 0 radical (unpaired) electrons. The van der Waals surface area contributed by atoms with Gasteiger partial charge in [-0.15, -0.1) is 24.8 Å². The van der Waals surface area contributed by atoms with Crippen LogP contribution in [0, 0.1) is 11.8 Å². The van der Waals surface area contributed by atoms with Gasteiger partial charge < -0.3 is 15.2 Å². The zero-order chi connectivity index (χ0) is 15.8. The molecule has 1 aromatic carbocycles. The van der Waals surface area contributed by atoms with Crippen LogP contribution < -0.4 is 5.32 Å². The van der Waals surface area contributed by atoms with Crippen molar-refractivity contribution in [1.29, 1.82) is 0 Å². The molecular formula is C18H26Cl2N4O. The van der Waals surface area contributed by atoms with Gasteiger partial charge in [-0.05, 0) is 44.0 Å². The van der Waals surface area contributed by atoms with Crippen LogP contribution in [0.3, 0.4) is 0 Å². The number of benzene rings is 1. The minimum absolute atomic E-state index is 0. The lowest BCUT2D eigenvalue weighted by molar-refractivity contribution is -0.138. The van der Waals surface area contributed by atoms with Crippen LogP contribution in [0.5, 0.6) is 0 Å². The summed E-state index contributed by atoms with van der Waals surface area (Å²) in [6.07, 6.45) is 2.00. The number of H-pyrrole nitrogens is 1. The average Bonchev–Trinajstić information content (AvgIpc) is 2.96. The molecule has 1 aromatic heterocycles. The van der Waals surface area contributed by atoms with Crippen molar-refractivity contribution in [3.8, 4) is 0 Å². The lowest BCUT2D eigenvalue weighted by Gasteiger charge is -2.37. The molecule has 0 spiro atoms. The number of nitrogens with one attached hydrogen (secondary N) is 2. The molecule has 1 atom stereocenters. The van der Waals surface area contributed by atoms with E-state index in [9.17, 15) is 4.79 Å². The fourth-order valence-electron chi connectivity index (χ4n) is 3.69. The molecule has 3 heterocycles. The van der Waals surface area contributed by atoms with Crippen molar-refractivity contribution in [2.24, 2.45) is 11.8 Å². The second-order valence-corrected chi connectivity index (χ2v) is 6.95. The first kappa shape index (κ1) is 20.0. The molecule has 2 N–H and O–H groups in total. The monoisotopic (exact) mass is 384 g/mol. The van der Waals surface area contributed by atoms with Gasteiger partial charge in [0.15, 0.2) is 0 Å². The first-order valence-corrected chi connectivity index (χ1v) is 8.66. The lowest BCUT2D eigenvalue weighted by atomic mass is 9.87. The summed E-state index contributed by atoms with van der Waals surface area (Å²) < 4.78 is 0. The fraction of sp³-hybridized carbons (Fsp3) is 0.556. The Morgan fingerprint density at radius 3 is 2.48 bits per heavy atom. The molecule has 1 amide bonds.